The van der Waals surface area contributed by atoms with Gasteiger partial charge in [0.15, 0.2) is 0 Å². The molecule has 0 amide bonds. The number of rotatable bonds is 0. The zero-order valence-corrected chi connectivity index (χ0v) is 5.57. The molecule has 2 rings (SSSR count). The van der Waals surface area contributed by atoms with Crippen molar-refractivity contribution in [1.82, 2.24) is 9.71 Å². The minimum atomic E-state index is -0.619. The molecule has 0 fully saturated rings. The van der Waals surface area contributed by atoms with Gasteiger partial charge in [-0.3, -0.25) is 0 Å². The molecule has 1 aromatic carbocycles. The van der Waals surface area contributed by atoms with E-state index < -0.39 is 5.69 Å². The highest BCUT2D eigenvalue weighted by molar-refractivity contribution is 5.75. The molecule has 1 heterocycles. The summed E-state index contributed by atoms with van der Waals surface area (Å²) in [6, 6.07) is 6.76. The minimum absolute atomic E-state index is 0.343. The Morgan fingerprint density at radius 2 is 2.09 bits per heavy atom. The maximum atomic E-state index is 10.9. The van der Waals surface area contributed by atoms with Gasteiger partial charge in [-0.15, -0.1) is 0 Å². The molecule has 0 aliphatic carbocycles. The zero-order chi connectivity index (χ0) is 7.84. The molecular weight excluding hydrogens is 144 g/mol. The number of aromatic amines is 1. The normalized spacial score (nSPS) is 10.5. The Bertz CT molecular complexity index is 441. The Balaban J connectivity index is 3.04. The number of hydrogen-bond acceptors (Lipinski definition) is 2. The maximum absolute atomic E-state index is 10.9. The van der Waals surface area contributed by atoms with E-state index in [1.807, 2.05) is 0 Å². The average Bonchev–Trinajstić information content (AvgIpc) is 2.30. The van der Waals surface area contributed by atoms with Crippen molar-refractivity contribution in [2.75, 3.05) is 0 Å². The maximum Gasteiger partial charge on any atom is 0.321 e. The topological polar surface area (TPSA) is 60.8 Å². The number of nitrogens with zero attached hydrogens (tertiary/aromatic N) is 1. The van der Waals surface area contributed by atoms with Crippen LogP contribution in [-0.4, -0.2) is 9.71 Å². The van der Waals surface area contributed by atoms with Gasteiger partial charge in [0.2, 0.25) is 0 Å². The molecule has 1 aromatic heterocycles. The van der Waals surface area contributed by atoms with Crippen molar-refractivity contribution in [3.63, 3.8) is 0 Å². The monoisotopic (exact) mass is 149 g/mol. The number of H-pyrrole nitrogens is 1. The number of aromatic nitrogens is 2. The molecule has 0 saturated carbocycles. The predicted molar refractivity (Wildman–Crippen MR) is 41.3 cm³/mol. The van der Waals surface area contributed by atoms with Gasteiger partial charge in [-0.25, -0.2) is 4.79 Å². The van der Waals surface area contributed by atoms with Crippen LogP contribution in [0, 0.1) is 5.21 Å². The summed E-state index contributed by atoms with van der Waals surface area (Å²) in [5.74, 6) is 0. The fourth-order valence-corrected chi connectivity index (χ4v) is 1.03. The van der Waals surface area contributed by atoms with Gasteiger partial charge in [0.1, 0.15) is 0 Å². The van der Waals surface area contributed by atoms with Crippen molar-refractivity contribution in [3.05, 3.63) is 40.0 Å². The molecular formula is C7H5N2O2-. The van der Waals surface area contributed by atoms with Crippen molar-refractivity contribution in [2.24, 2.45) is 0 Å². The summed E-state index contributed by atoms with van der Waals surface area (Å²) in [6.45, 7) is 0. The summed E-state index contributed by atoms with van der Waals surface area (Å²) < 4.78 is 0.343. The van der Waals surface area contributed by atoms with Crippen LogP contribution in [-0.2, 0) is 0 Å². The van der Waals surface area contributed by atoms with Crippen molar-refractivity contribution < 1.29 is 0 Å². The molecule has 0 spiro atoms. The third-order valence-corrected chi connectivity index (χ3v) is 1.55. The van der Waals surface area contributed by atoms with Crippen LogP contribution in [0.3, 0.4) is 0 Å². The molecule has 0 bridgehead atoms. The lowest BCUT2D eigenvalue weighted by Crippen LogP contribution is -2.10. The van der Waals surface area contributed by atoms with Crippen LogP contribution in [0.2, 0.25) is 0 Å². The molecule has 0 atom stereocenters. The Kier molecular flexibility index (Phi) is 1.03. The number of fused-ring (bicyclic) bond motifs is 1. The van der Waals surface area contributed by atoms with Crippen LogP contribution in [0.1, 0.15) is 0 Å². The van der Waals surface area contributed by atoms with Crippen LogP contribution in [0.4, 0.5) is 0 Å². The van der Waals surface area contributed by atoms with E-state index in [0.29, 0.717) is 15.8 Å². The number of nitrogens with one attached hydrogen (secondary N) is 1. The van der Waals surface area contributed by atoms with Gasteiger partial charge in [0.05, 0.1) is 11.0 Å². The average molecular weight is 149 g/mol. The largest absolute Gasteiger partial charge is 0.802 e. The van der Waals surface area contributed by atoms with E-state index in [2.05, 4.69) is 4.98 Å². The second-order valence-electron chi connectivity index (χ2n) is 2.24. The van der Waals surface area contributed by atoms with Crippen molar-refractivity contribution >= 4 is 11.0 Å². The number of hydrogen-bond donors (Lipinski definition) is 1. The molecule has 11 heavy (non-hydrogen) atoms. The van der Waals surface area contributed by atoms with Crippen LogP contribution < -0.4 is 5.69 Å². The highest BCUT2D eigenvalue weighted by Crippen LogP contribution is 2.06. The van der Waals surface area contributed by atoms with Gasteiger partial charge in [-0.2, -0.15) is 0 Å². The van der Waals surface area contributed by atoms with E-state index in [9.17, 15) is 10.0 Å². The second kappa shape index (κ2) is 1.88. The van der Waals surface area contributed by atoms with E-state index in [-0.39, 0.29) is 0 Å². The smallest absolute Gasteiger partial charge is 0.321 e. The first-order valence-corrected chi connectivity index (χ1v) is 3.16. The van der Waals surface area contributed by atoms with Crippen molar-refractivity contribution in [2.45, 2.75) is 0 Å². The second-order valence-corrected chi connectivity index (χ2v) is 2.24. The molecule has 2 aromatic rings. The molecule has 1 N–H and O–H groups in total. The van der Waals surface area contributed by atoms with E-state index in [1.54, 1.807) is 24.3 Å². The van der Waals surface area contributed by atoms with Crippen molar-refractivity contribution in [3.8, 4) is 0 Å². The molecule has 0 aliphatic rings. The first kappa shape index (κ1) is 6.03. The van der Waals surface area contributed by atoms with E-state index in [0.717, 1.165) is 0 Å². The Hall–Kier alpha value is -1.71. The van der Waals surface area contributed by atoms with Gasteiger partial charge >= 0.3 is 5.69 Å². The van der Waals surface area contributed by atoms with Gasteiger partial charge in [0.25, 0.3) is 0 Å². The molecule has 56 valence electrons. The quantitative estimate of drug-likeness (QED) is 0.598. The highest BCUT2D eigenvalue weighted by Gasteiger charge is 1.95. The SMILES string of the molecule is O=c1[nH]c2ccccc2n1[O-]. The third kappa shape index (κ3) is 0.724. The fraction of sp³-hybridized carbons (Fsp3) is 0. The summed E-state index contributed by atoms with van der Waals surface area (Å²) in [6.07, 6.45) is 0. The number of benzene rings is 1. The predicted octanol–water partition coefficient (Wildman–Crippen LogP) is 0.675. The summed E-state index contributed by atoms with van der Waals surface area (Å²) >= 11 is 0. The summed E-state index contributed by atoms with van der Waals surface area (Å²) in [5, 5.41) is 10.9. The zero-order valence-electron chi connectivity index (χ0n) is 5.57. The third-order valence-electron chi connectivity index (χ3n) is 1.55. The van der Waals surface area contributed by atoms with Crippen LogP contribution >= 0.6 is 0 Å². The lowest BCUT2D eigenvalue weighted by atomic mass is 10.3. The van der Waals surface area contributed by atoms with Gasteiger partial charge in [0, 0.05) is 0 Å². The van der Waals surface area contributed by atoms with Gasteiger partial charge < -0.3 is 14.9 Å². The van der Waals surface area contributed by atoms with Crippen molar-refractivity contribution in [1.29, 1.82) is 0 Å². The number of para-hydroxylation sites is 2. The van der Waals surface area contributed by atoms with E-state index in [1.165, 1.54) is 0 Å². The molecule has 0 radical (unpaired) electrons. The molecule has 0 aliphatic heterocycles. The standard InChI is InChI=1S/C7H5N2O2/c10-7-8-5-3-1-2-4-6(5)9(7)11/h1-4H,(H,8,10)/q-1. The summed E-state index contributed by atoms with van der Waals surface area (Å²) in [7, 11) is 0. The van der Waals surface area contributed by atoms with E-state index in [4.69, 9.17) is 0 Å². The first-order valence-electron chi connectivity index (χ1n) is 3.16. The Morgan fingerprint density at radius 3 is 2.82 bits per heavy atom. The first-order chi connectivity index (χ1) is 5.29. The molecule has 0 unspecified atom stereocenters. The number of imidazole rings is 1. The lowest BCUT2D eigenvalue weighted by Gasteiger charge is -2.02. The lowest BCUT2D eigenvalue weighted by molar-refractivity contribution is 1.03. The minimum Gasteiger partial charge on any atom is -0.802 e. The van der Waals surface area contributed by atoms with E-state index >= 15 is 0 Å². The molecule has 4 heteroatoms. The Labute approximate surface area is 61.7 Å². The molecule has 4 nitrogen and oxygen atoms in total. The van der Waals surface area contributed by atoms with Crippen LogP contribution in [0.25, 0.3) is 11.0 Å². The highest BCUT2D eigenvalue weighted by atomic mass is 16.5. The summed E-state index contributed by atoms with van der Waals surface area (Å²) in [5.41, 5.74) is 0.344. The Morgan fingerprint density at radius 1 is 1.36 bits per heavy atom. The van der Waals surface area contributed by atoms with Gasteiger partial charge in [-0.05, 0) is 12.1 Å². The van der Waals surface area contributed by atoms with Crippen LogP contribution in [0.15, 0.2) is 29.1 Å². The van der Waals surface area contributed by atoms with Crippen LogP contribution in [0.5, 0.6) is 0 Å². The molecule has 0 saturated heterocycles. The summed E-state index contributed by atoms with van der Waals surface area (Å²) in [4.78, 5) is 13.2. The fourth-order valence-electron chi connectivity index (χ4n) is 1.03. The van der Waals surface area contributed by atoms with Gasteiger partial charge in [-0.1, -0.05) is 12.1 Å².